The average Bonchev–Trinajstić information content (AvgIpc) is 2.73. The van der Waals surface area contributed by atoms with Gasteiger partial charge in [-0.3, -0.25) is 19.2 Å². The van der Waals surface area contributed by atoms with E-state index in [0.29, 0.717) is 0 Å². The quantitative estimate of drug-likeness (QED) is 0.249. The second-order valence-electron chi connectivity index (χ2n) is 6.99. The predicted octanol–water partition coefficient (Wildman–Crippen LogP) is -1.26. The fourth-order valence-corrected chi connectivity index (χ4v) is 2.79. The largest absolute Gasteiger partial charge is 0.469 e. The van der Waals surface area contributed by atoms with Crippen molar-refractivity contribution in [2.75, 3.05) is 33.1 Å². The molecule has 0 saturated carbocycles. The zero-order valence-electron chi connectivity index (χ0n) is 17.6. The van der Waals surface area contributed by atoms with Gasteiger partial charge in [-0.2, -0.15) is 0 Å². The van der Waals surface area contributed by atoms with Crippen LogP contribution in [-0.2, 0) is 33.4 Å². The summed E-state index contributed by atoms with van der Waals surface area (Å²) < 4.78 is 9.05. The minimum absolute atomic E-state index is 0.0717. The smallest absolute Gasteiger partial charge is 0.329 e. The molecule has 0 heterocycles. The van der Waals surface area contributed by atoms with Crippen LogP contribution in [0.15, 0.2) is 0 Å². The second kappa shape index (κ2) is 13.9. The van der Waals surface area contributed by atoms with E-state index in [2.05, 4.69) is 20.1 Å². The van der Waals surface area contributed by atoms with Gasteiger partial charge in [0.2, 0.25) is 11.8 Å². The van der Waals surface area contributed by atoms with Crippen LogP contribution in [0.1, 0.15) is 33.1 Å². The zero-order valence-corrected chi connectivity index (χ0v) is 18.4. The van der Waals surface area contributed by atoms with E-state index in [4.69, 9.17) is 5.11 Å². The van der Waals surface area contributed by atoms with E-state index in [1.807, 2.05) is 0 Å². The number of carbonyl (C=O) groups is 5. The molecule has 0 aromatic heterocycles. The Morgan fingerprint density at radius 1 is 1.03 bits per heavy atom. The Labute approximate surface area is 179 Å². The molecule has 0 aliphatic heterocycles. The molecule has 2 atom stereocenters. The number of methoxy groups -OCH3 is 2. The summed E-state index contributed by atoms with van der Waals surface area (Å²) >= 11 is 0.772. The van der Waals surface area contributed by atoms with E-state index in [-0.39, 0.29) is 36.7 Å². The summed E-state index contributed by atoms with van der Waals surface area (Å²) in [5.74, 6) is -2.69. The van der Waals surface area contributed by atoms with Crippen LogP contribution in [0.3, 0.4) is 0 Å². The molecule has 0 radical (unpaired) electrons. The van der Waals surface area contributed by atoms with Crippen LogP contribution >= 0.6 is 11.8 Å². The third-order valence-corrected chi connectivity index (χ3v) is 5.07. The number of ether oxygens (including phenoxy) is 2. The van der Waals surface area contributed by atoms with Gasteiger partial charge in [0.25, 0.3) is 0 Å². The number of rotatable bonds is 13. The lowest BCUT2D eigenvalue weighted by Gasteiger charge is -2.27. The van der Waals surface area contributed by atoms with Gasteiger partial charge in [0.15, 0.2) is 5.12 Å². The maximum atomic E-state index is 12.0. The third kappa shape index (κ3) is 10.6. The first kappa shape index (κ1) is 27.8. The molecular formula is C18H30N2O9S. The van der Waals surface area contributed by atoms with Gasteiger partial charge in [0.1, 0.15) is 12.1 Å². The standard InChI is InChI=1S/C18H30N2O9S/c1-18(2,10-21)15(25)16(26)19-8-7-12(22)20-11(17(27)29-4)9-30-14(24)6-5-13(23)28-3/h11,15,21,25H,5-10H2,1-4H3,(H,19,26)(H,20,22)/t11-,15-/m0/s1. The lowest BCUT2D eigenvalue weighted by molar-refractivity contribution is -0.144. The monoisotopic (exact) mass is 450 g/mol. The minimum Gasteiger partial charge on any atom is -0.469 e. The Hall–Kier alpha value is -2.18. The number of nitrogens with one attached hydrogen (secondary N) is 2. The number of hydrogen-bond acceptors (Lipinski definition) is 10. The Kier molecular flexibility index (Phi) is 12.9. The van der Waals surface area contributed by atoms with Crippen LogP contribution in [-0.4, -0.2) is 84.4 Å². The maximum absolute atomic E-state index is 12.0. The van der Waals surface area contributed by atoms with Gasteiger partial charge in [-0.05, 0) is 0 Å². The molecule has 0 spiro atoms. The molecule has 0 fully saturated rings. The molecule has 4 N–H and O–H groups in total. The summed E-state index contributed by atoms with van der Waals surface area (Å²) in [5, 5.41) is 23.5. The van der Waals surface area contributed by atoms with Crippen molar-refractivity contribution >= 4 is 40.6 Å². The lowest BCUT2D eigenvalue weighted by Crippen LogP contribution is -2.47. The van der Waals surface area contributed by atoms with Crippen molar-refractivity contribution in [1.82, 2.24) is 10.6 Å². The van der Waals surface area contributed by atoms with Gasteiger partial charge in [-0.1, -0.05) is 25.6 Å². The fourth-order valence-electron chi connectivity index (χ4n) is 1.97. The highest BCUT2D eigenvalue weighted by molar-refractivity contribution is 8.13. The molecule has 0 unspecified atom stereocenters. The van der Waals surface area contributed by atoms with Crippen molar-refractivity contribution < 1.29 is 43.7 Å². The van der Waals surface area contributed by atoms with E-state index in [9.17, 15) is 29.1 Å². The minimum atomic E-state index is -1.46. The van der Waals surface area contributed by atoms with Crippen LogP contribution in [0.4, 0.5) is 0 Å². The average molecular weight is 451 g/mol. The molecule has 12 heteroatoms. The Morgan fingerprint density at radius 3 is 2.20 bits per heavy atom. The zero-order chi connectivity index (χ0) is 23.3. The van der Waals surface area contributed by atoms with Crippen molar-refractivity contribution in [3.8, 4) is 0 Å². The Bertz CT molecular complexity index is 625. The van der Waals surface area contributed by atoms with Crippen molar-refractivity contribution in [2.24, 2.45) is 5.41 Å². The van der Waals surface area contributed by atoms with Gasteiger partial charge in [-0.25, -0.2) is 4.79 Å². The van der Waals surface area contributed by atoms with E-state index >= 15 is 0 Å². The van der Waals surface area contributed by atoms with E-state index in [0.717, 1.165) is 18.9 Å². The number of aliphatic hydroxyl groups excluding tert-OH is 2. The van der Waals surface area contributed by atoms with E-state index in [1.165, 1.54) is 21.0 Å². The number of hydrogen-bond donors (Lipinski definition) is 4. The molecule has 0 aliphatic carbocycles. The second-order valence-corrected chi connectivity index (χ2v) is 8.07. The molecule has 0 aromatic carbocycles. The highest BCUT2D eigenvalue weighted by Crippen LogP contribution is 2.19. The summed E-state index contributed by atoms with van der Waals surface area (Å²) in [5.41, 5.74) is -1.04. The number of esters is 2. The van der Waals surface area contributed by atoms with Crippen molar-refractivity contribution in [3.63, 3.8) is 0 Å². The fraction of sp³-hybridized carbons (Fsp3) is 0.722. The molecule has 11 nitrogen and oxygen atoms in total. The SMILES string of the molecule is COC(=O)CCC(=O)SC[C@H](NC(=O)CCNC(=O)[C@H](O)C(C)(C)CO)C(=O)OC. The molecule has 0 aromatic rings. The van der Waals surface area contributed by atoms with E-state index < -0.39 is 47.9 Å². The maximum Gasteiger partial charge on any atom is 0.329 e. The molecule has 30 heavy (non-hydrogen) atoms. The number of aliphatic hydroxyl groups is 2. The molecular weight excluding hydrogens is 420 g/mol. The van der Waals surface area contributed by atoms with Crippen LogP contribution in [0.2, 0.25) is 0 Å². The summed E-state index contributed by atoms with van der Waals surface area (Å²) in [6.07, 6.45) is -1.80. The lowest BCUT2D eigenvalue weighted by atomic mass is 9.87. The summed E-state index contributed by atoms with van der Waals surface area (Å²) in [6.45, 7) is 2.51. The highest BCUT2D eigenvalue weighted by atomic mass is 32.2. The summed E-state index contributed by atoms with van der Waals surface area (Å²) in [4.78, 5) is 58.6. The van der Waals surface area contributed by atoms with E-state index in [1.54, 1.807) is 0 Å². The van der Waals surface area contributed by atoms with Crippen molar-refractivity contribution in [3.05, 3.63) is 0 Å². The van der Waals surface area contributed by atoms with Gasteiger partial charge in [0, 0.05) is 30.6 Å². The number of carbonyl (C=O) groups excluding carboxylic acids is 5. The molecule has 0 saturated heterocycles. The Balaban J connectivity index is 4.51. The van der Waals surface area contributed by atoms with Gasteiger partial charge in [-0.15, -0.1) is 0 Å². The predicted molar refractivity (Wildman–Crippen MR) is 107 cm³/mol. The van der Waals surface area contributed by atoms with Gasteiger partial charge < -0.3 is 30.3 Å². The van der Waals surface area contributed by atoms with Crippen LogP contribution in [0.5, 0.6) is 0 Å². The first-order chi connectivity index (χ1) is 14.0. The molecule has 172 valence electrons. The normalized spacial score (nSPS) is 13.0. The summed E-state index contributed by atoms with van der Waals surface area (Å²) in [6, 6.07) is -1.09. The van der Waals surface area contributed by atoms with Gasteiger partial charge in [0.05, 0.1) is 27.2 Å². The first-order valence-corrected chi connectivity index (χ1v) is 10.1. The van der Waals surface area contributed by atoms with Gasteiger partial charge >= 0.3 is 11.9 Å². The molecule has 0 aliphatic rings. The molecule has 2 amide bonds. The Morgan fingerprint density at radius 2 is 1.67 bits per heavy atom. The molecule has 0 bridgehead atoms. The van der Waals surface area contributed by atoms with Crippen LogP contribution < -0.4 is 10.6 Å². The highest BCUT2D eigenvalue weighted by Gasteiger charge is 2.32. The third-order valence-electron chi connectivity index (χ3n) is 4.04. The topological polar surface area (TPSA) is 168 Å². The summed E-state index contributed by atoms with van der Waals surface area (Å²) in [7, 11) is 2.34. The van der Waals surface area contributed by atoms with Crippen LogP contribution in [0, 0.1) is 5.41 Å². The van der Waals surface area contributed by atoms with Crippen LogP contribution in [0.25, 0.3) is 0 Å². The van der Waals surface area contributed by atoms with Crippen molar-refractivity contribution in [2.45, 2.75) is 45.3 Å². The first-order valence-electron chi connectivity index (χ1n) is 9.14. The number of thioether (sulfide) groups is 1. The molecule has 0 rings (SSSR count). The van der Waals surface area contributed by atoms with Crippen molar-refractivity contribution in [1.29, 1.82) is 0 Å². The number of amides is 2.